The van der Waals surface area contributed by atoms with E-state index in [2.05, 4.69) is 16.4 Å². The van der Waals surface area contributed by atoms with E-state index in [-0.39, 0.29) is 17.6 Å². The third-order valence-electron chi connectivity index (χ3n) is 5.10. The first-order chi connectivity index (χ1) is 13.1. The van der Waals surface area contributed by atoms with Gasteiger partial charge in [-0.2, -0.15) is 0 Å². The van der Waals surface area contributed by atoms with Crippen LogP contribution >= 0.6 is 23.1 Å². The standard InChI is InChI=1S/C19H27N3O3S2/c23-17-7-6-15(12-20-9-8-14-4-2-1-3-5-14)22(17)10-11-26-19-21-16(13-27-19)18(24)25/h4,13,15,20H,1-3,5-12H2,(H,24,25). The number of thiazole rings is 1. The highest BCUT2D eigenvalue weighted by molar-refractivity contribution is 8.01. The second-order valence-electron chi connectivity index (χ2n) is 6.99. The van der Waals surface area contributed by atoms with E-state index in [4.69, 9.17) is 5.11 Å². The zero-order valence-corrected chi connectivity index (χ0v) is 17.1. The van der Waals surface area contributed by atoms with Crippen LogP contribution in [0, 0.1) is 0 Å². The van der Waals surface area contributed by atoms with Crippen molar-refractivity contribution in [2.75, 3.05) is 25.4 Å². The van der Waals surface area contributed by atoms with Crippen LogP contribution in [0.4, 0.5) is 0 Å². The number of carboxylic acid groups (broad SMARTS) is 1. The quantitative estimate of drug-likeness (QED) is 0.350. The predicted octanol–water partition coefficient (Wildman–Crippen LogP) is 3.40. The number of carbonyl (C=O) groups excluding carboxylic acids is 1. The summed E-state index contributed by atoms with van der Waals surface area (Å²) in [5.41, 5.74) is 1.67. The van der Waals surface area contributed by atoms with Crippen molar-refractivity contribution < 1.29 is 14.7 Å². The fourth-order valence-electron chi connectivity index (χ4n) is 3.62. The van der Waals surface area contributed by atoms with Crippen LogP contribution in [0.15, 0.2) is 21.4 Å². The number of aromatic carboxylic acids is 1. The first kappa shape index (κ1) is 20.4. The average molecular weight is 410 g/mol. The van der Waals surface area contributed by atoms with Gasteiger partial charge < -0.3 is 15.3 Å². The number of carbonyl (C=O) groups is 2. The van der Waals surface area contributed by atoms with Crippen LogP contribution in [0.5, 0.6) is 0 Å². The monoisotopic (exact) mass is 409 g/mol. The highest BCUT2D eigenvalue weighted by Crippen LogP contribution is 2.25. The van der Waals surface area contributed by atoms with Gasteiger partial charge in [-0.25, -0.2) is 9.78 Å². The smallest absolute Gasteiger partial charge is 0.355 e. The molecule has 1 aromatic heterocycles. The lowest BCUT2D eigenvalue weighted by atomic mass is 9.97. The van der Waals surface area contributed by atoms with Crippen molar-refractivity contribution in [1.82, 2.24) is 15.2 Å². The molecule has 27 heavy (non-hydrogen) atoms. The second kappa shape index (κ2) is 10.2. The highest BCUT2D eigenvalue weighted by atomic mass is 32.2. The maximum Gasteiger partial charge on any atom is 0.355 e. The molecule has 0 bridgehead atoms. The molecule has 1 atom stereocenters. The van der Waals surface area contributed by atoms with Gasteiger partial charge in [-0.3, -0.25) is 4.79 Å². The van der Waals surface area contributed by atoms with Crippen LogP contribution in [0.2, 0.25) is 0 Å². The van der Waals surface area contributed by atoms with Crippen LogP contribution in [0.25, 0.3) is 0 Å². The van der Waals surface area contributed by atoms with E-state index in [9.17, 15) is 9.59 Å². The molecular formula is C19H27N3O3S2. The molecule has 0 saturated carbocycles. The maximum absolute atomic E-state index is 12.2. The van der Waals surface area contributed by atoms with Crippen LogP contribution in [-0.2, 0) is 4.79 Å². The summed E-state index contributed by atoms with van der Waals surface area (Å²) >= 11 is 2.86. The summed E-state index contributed by atoms with van der Waals surface area (Å²) in [6, 6.07) is 0.268. The molecule has 2 heterocycles. The number of allylic oxidation sites excluding steroid dienone is 1. The molecule has 1 fully saturated rings. The SMILES string of the molecule is O=C(O)c1csc(SCCN2C(=O)CCC2CNCCC2=CCCCC2)n1. The van der Waals surface area contributed by atoms with Crippen molar-refractivity contribution in [3.8, 4) is 0 Å². The topological polar surface area (TPSA) is 82.5 Å². The minimum Gasteiger partial charge on any atom is -0.476 e. The van der Waals surface area contributed by atoms with E-state index in [1.807, 2.05) is 4.90 Å². The Bertz CT molecular complexity index is 689. The fourth-order valence-corrected chi connectivity index (χ4v) is 5.42. The molecule has 0 spiro atoms. The molecule has 1 aliphatic heterocycles. The van der Waals surface area contributed by atoms with E-state index in [0.29, 0.717) is 13.0 Å². The predicted molar refractivity (Wildman–Crippen MR) is 109 cm³/mol. The number of rotatable bonds is 10. The van der Waals surface area contributed by atoms with E-state index in [0.717, 1.165) is 36.0 Å². The van der Waals surface area contributed by atoms with Gasteiger partial charge in [0.15, 0.2) is 10.0 Å². The minimum absolute atomic E-state index is 0.0925. The van der Waals surface area contributed by atoms with Crippen molar-refractivity contribution in [2.45, 2.75) is 55.3 Å². The Morgan fingerprint density at radius 1 is 1.41 bits per heavy atom. The summed E-state index contributed by atoms with van der Waals surface area (Å²) in [6.07, 6.45) is 10.2. The van der Waals surface area contributed by atoms with Gasteiger partial charge in [0.1, 0.15) is 0 Å². The van der Waals surface area contributed by atoms with Gasteiger partial charge in [0, 0.05) is 36.7 Å². The van der Waals surface area contributed by atoms with Gasteiger partial charge in [-0.05, 0) is 45.1 Å². The number of hydrogen-bond donors (Lipinski definition) is 2. The first-order valence-corrected chi connectivity index (χ1v) is 11.5. The Morgan fingerprint density at radius 2 is 2.30 bits per heavy atom. The molecule has 3 rings (SSSR count). The van der Waals surface area contributed by atoms with E-state index in [1.165, 1.54) is 48.8 Å². The molecule has 1 aliphatic carbocycles. The number of aromatic nitrogens is 1. The van der Waals surface area contributed by atoms with E-state index < -0.39 is 5.97 Å². The van der Waals surface area contributed by atoms with Gasteiger partial charge in [-0.1, -0.05) is 23.4 Å². The summed E-state index contributed by atoms with van der Waals surface area (Å²) in [5.74, 6) is -0.0347. The third-order valence-corrected chi connectivity index (χ3v) is 7.10. The summed E-state index contributed by atoms with van der Waals surface area (Å²) in [7, 11) is 0. The molecule has 1 aromatic rings. The van der Waals surface area contributed by atoms with Gasteiger partial charge >= 0.3 is 5.97 Å². The number of carboxylic acids is 1. The number of likely N-dealkylation sites (tertiary alicyclic amines) is 1. The van der Waals surface area contributed by atoms with Crippen molar-refractivity contribution in [2.24, 2.45) is 0 Å². The Kier molecular flexibility index (Phi) is 7.72. The second-order valence-corrected chi connectivity index (χ2v) is 9.19. The maximum atomic E-state index is 12.2. The van der Waals surface area contributed by atoms with Crippen molar-refractivity contribution >= 4 is 35.0 Å². The number of nitrogens with one attached hydrogen (secondary N) is 1. The molecule has 0 aromatic carbocycles. The Morgan fingerprint density at radius 3 is 3.04 bits per heavy atom. The summed E-state index contributed by atoms with van der Waals surface area (Å²) in [5, 5.41) is 14.0. The summed E-state index contributed by atoms with van der Waals surface area (Å²) in [4.78, 5) is 29.1. The lowest BCUT2D eigenvalue weighted by Gasteiger charge is -2.25. The molecule has 1 unspecified atom stereocenters. The van der Waals surface area contributed by atoms with Crippen LogP contribution in [0.1, 0.15) is 55.4 Å². The lowest BCUT2D eigenvalue weighted by molar-refractivity contribution is -0.128. The minimum atomic E-state index is -0.997. The Labute approximate surface area is 168 Å². The summed E-state index contributed by atoms with van der Waals surface area (Å²) in [6.45, 7) is 2.52. The molecule has 148 valence electrons. The molecule has 6 nitrogen and oxygen atoms in total. The largest absolute Gasteiger partial charge is 0.476 e. The first-order valence-electron chi connectivity index (χ1n) is 9.63. The Hall–Kier alpha value is -1.38. The summed E-state index contributed by atoms with van der Waals surface area (Å²) < 4.78 is 0.745. The molecule has 2 aliphatic rings. The van der Waals surface area contributed by atoms with Crippen LogP contribution < -0.4 is 5.32 Å². The number of nitrogens with zero attached hydrogens (tertiary/aromatic N) is 2. The van der Waals surface area contributed by atoms with E-state index >= 15 is 0 Å². The van der Waals surface area contributed by atoms with Gasteiger partial charge in [0.05, 0.1) is 0 Å². The van der Waals surface area contributed by atoms with Crippen LogP contribution in [-0.4, -0.2) is 58.3 Å². The molecule has 1 saturated heterocycles. The molecule has 2 N–H and O–H groups in total. The average Bonchev–Trinajstić information content (AvgIpc) is 3.28. The lowest BCUT2D eigenvalue weighted by Crippen LogP contribution is -2.41. The normalized spacial score (nSPS) is 20.1. The van der Waals surface area contributed by atoms with Crippen LogP contribution in [0.3, 0.4) is 0 Å². The fraction of sp³-hybridized carbons (Fsp3) is 0.632. The molecule has 8 heteroatoms. The third kappa shape index (κ3) is 6.05. The highest BCUT2D eigenvalue weighted by Gasteiger charge is 2.30. The zero-order chi connectivity index (χ0) is 19.1. The molecule has 1 amide bonds. The number of hydrogen-bond acceptors (Lipinski definition) is 6. The number of amides is 1. The molecular weight excluding hydrogens is 382 g/mol. The Balaban J connectivity index is 1.38. The zero-order valence-electron chi connectivity index (χ0n) is 15.5. The number of thioether (sulfide) groups is 1. The van der Waals surface area contributed by atoms with Gasteiger partial charge in [0.2, 0.25) is 5.91 Å². The van der Waals surface area contributed by atoms with Crippen molar-refractivity contribution in [3.05, 3.63) is 22.7 Å². The van der Waals surface area contributed by atoms with E-state index in [1.54, 1.807) is 11.0 Å². The van der Waals surface area contributed by atoms with Gasteiger partial charge in [0.25, 0.3) is 0 Å². The van der Waals surface area contributed by atoms with Crippen molar-refractivity contribution in [1.29, 1.82) is 0 Å². The van der Waals surface area contributed by atoms with Gasteiger partial charge in [-0.15, -0.1) is 11.3 Å². The van der Waals surface area contributed by atoms with Crippen molar-refractivity contribution in [3.63, 3.8) is 0 Å². The molecule has 0 radical (unpaired) electrons.